The van der Waals surface area contributed by atoms with E-state index in [0.717, 1.165) is 0 Å². The number of hydrogen-bond acceptors (Lipinski definition) is 7. The lowest BCUT2D eigenvalue weighted by atomic mass is 9.79. The lowest BCUT2D eigenvalue weighted by Gasteiger charge is -2.37. The van der Waals surface area contributed by atoms with Gasteiger partial charge in [-0.25, -0.2) is 14.0 Å². The van der Waals surface area contributed by atoms with Crippen LogP contribution in [-0.4, -0.2) is 56.4 Å². The summed E-state index contributed by atoms with van der Waals surface area (Å²) >= 11 is 0. The zero-order valence-electron chi connectivity index (χ0n) is 21.0. The van der Waals surface area contributed by atoms with Crippen molar-refractivity contribution in [1.29, 1.82) is 0 Å². The van der Waals surface area contributed by atoms with Crippen molar-refractivity contribution in [3.63, 3.8) is 0 Å². The molecule has 0 fully saturated rings. The summed E-state index contributed by atoms with van der Waals surface area (Å²) in [5, 5.41) is 10.2. The second-order valence-electron chi connectivity index (χ2n) is 8.15. The Hall–Kier alpha value is -4.01. The molecule has 0 saturated heterocycles. The number of halogens is 1. The van der Waals surface area contributed by atoms with Crippen molar-refractivity contribution >= 4 is 11.9 Å². The quantitative estimate of drug-likeness (QED) is 0.377. The summed E-state index contributed by atoms with van der Waals surface area (Å²) in [6, 6.07) is 10.9. The third-order valence-corrected chi connectivity index (χ3v) is 6.13. The van der Waals surface area contributed by atoms with Gasteiger partial charge in [0, 0.05) is 24.0 Å². The Morgan fingerprint density at radius 1 is 0.972 bits per heavy atom. The number of nitrogens with zero attached hydrogens (tertiary/aromatic N) is 1. The fraction of sp³-hybridized carbons (Fsp3) is 0.333. The third-order valence-electron chi connectivity index (χ3n) is 6.13. The summed E-state index contributed by atoms with van der Waals surface area (Å²) in [4.78, 5) is 27.3. The summed E-state index contributed by atoms with van der Waals surface area (Å²) in [6.07, 6.45) is 0.494. The number of carboxylic acids is 1. The van der Waals surface area contributed by atoms with Gasteiger partial charge in [0.1, 0.15) is 11.6 Å². The molecule has 2 aromatic carbocycles. The van der Waals surface area contributed by atoms with Crippen molar-refractivity contribution in [2.75, 3.05) is 34.5 Å². The van der Waals surface area contributed by atoms with E-state index < -0.39 is 23.7 Å². The molecule has 1 atom stereocenters. The van der Waals surface area contributed by atoms with E-state index in [0.29, 0.717) is 47.2 Å². The van der Waals surface area contributed by atoms with Crippen LogP contribution < -0.4 is 14.2 Å². The van der Waals surface area contributed by atoms with E-state index >= 15 is 0 Å². The number of methoxy groups -OCH3 is 3. The fourth-order valence-corrected chi connectivity index (χ4v) is 4.43. The van der Waals surface area contributed by atoms with Crippen LogP contribution in [0.3, 0.4) is 0 Å². The molecule has 0 aliphatic carbocycles. The minimum Gasteiger partial charge on any atom is -0.493 e. The maximum atomic E-state index is 13.4. The summed E-state index contributed by atoms with van der Waals surface area (Å²) < 4.78 is 34.8. The molecule has 1 heterocycles. The standard InChI is InChI=1S/C27H30FNO7/c1-16-23(26(30)31)25(18-10-11-21(33-3)22(14-18)34-4)24(27(32)35-5)17(2)29(16)12-7-13-36-20-9-6-8-19(28)15-20/h6,8-11,14-15,25H,7,12-13H2,1-5H3,(H,30,31). The topological polar surface area (TPSA) is 94.5 Å². The highest BCUT2D eigenvalue weighted by molar-refractivity contribution is 5.99. The van der Waals surface area contributed by atoms with Crippen molar-refractivity contribution in [3.8, 4) is 17.2 Å². The maximum Gasteiger partial charge on any atom is 0.336 e. The summed E-state index contributed by atoms with van der Waals surface area (Å²) in [5.41, 5.74) is 1.91. The Bertz CT molecular complexity index is 1200. The van der Waals surface area contributed by atoms with Crippen LogP contribution in [0.25, 0.3) is 0 Å². The number of allylic oxidation sites excluding steroid dienone is 2. The SMILES string of the molecule is COC(=O)C1=C(C)N(CCCOc2cccc(F)c2)C(C)=C(C(=O)O)C1c1ccc(OC)c(OC)c1. The average molecular weight is 500 g/mol. The number of hydrogen-bond donors (Lipinski definition) is 1. The van der Waals surface area contributed by atoms with Gasteiger partial charge in [-0.2, -0.15) is 0 Å². The van der Waals surface area contributed by atoms with E-state index in [1.807, 2.05) is 0 Å². The predicted molar refractivity (Wildman–Crippen MR) is 131 cm³/mol. The molecule has 2 aromatic rings. The summed E-state index contributed by atoms with van der Waals surface area (Å²) in [6.45, 7) is 4.12. The highest BCUT2D eigenvalue weighted by Gasteiger charge is 2.40. The molecule has 0 aromatic heterocycles. The molecule has 3 rings (SSSR count). The van der Waals surface area contributed by atoms with Gasteiger partial charge in [0.15, 0.2) is 11.5 Å². The first-order valence-corrected chi connectivity index (χ1v) is 11.3. The molecule has 8 nitrogen and oxygen atoms in total. The number of ether oxygens (including phenoxy) is 4. The molecule has 0 saturated carbocycles. The van der Waals surface area contributed by atoms with Gasteiger partial charge in [0.05, 0.1) is 45.0 Å². The number of esters is 1. The van der Waals surface area contributed by atoms with Gasteiger partial charge in [-0.05, 0) is 50.1 Å². The van der Waals surface area contributed by atoms with E-state index in [1.54, 1.807) is 49.1 Å². The van der Waals surface area contributed by atoms with E-state index in [4.69, 9.17) is 18.9 Å². The van der Waals surface area contributed by atoms with Gasteiger partial charge in [0.25, 0.3) is 0 Å². The molecule has 0 amide bonds. The number of carbonyl (C=O) groups excluding carboxylic acids is 1. The van der Waals surface area contributed by atoms with Crippen LogP contribution in [0.5, 0.6) is 17.2 Å². The van der Waals surface area contributed by atoms with Gasteiger partial charge in [-0.15, -0.1) is 0 Å². The van der Waals surface area contributed by atoms with Gasteiger partial charge in [-0.1, -0.05) is 12.1 Å². The normalized spacial score (nSPS) is 15.6. The second-order valence-corrected chi connectivity index (χ2v) is 8.15. The fourth-order valence-electron chi connectivity index (χ4n) is 4.43. The summed E-state index contributed by atoms with van der Waals surface area (Å²) in [5.74, 6) is -1.75. The van der Waals surface area contributed by atoms with Gasteiger partial charge in [0.2, 0.25) is 0 Å². The van der Waals surface area contributed by atoms with Crippen LogP contribution in [-0.2, 0) is 14.3 Å². The smallest absolute Gasteiger partial charge is 0.336 e. The molecule has 9 heteroatoms. The van der Waals surface area contributed by atoms with E-state index in [1.165, 1.54) is 33.5 Å². The largest absolute Gasteiger partial charge is 0.493 e. The lowest BCUT2D eigenvalue weighted by Crippen LogP contribution is -2.35. The minimum absolute atomic E-state index is 0.0549. The van der Waals surface area contributed by atoms with E-state index in [9.17, 15) is 19.1 Å². The van der Waals surface area contributed by atoms with E-state index in [2.05, 4.69) is 0 Å². The number of rotatable bonds is 10. The van der Waals surface area contributed by atoms with Crippen molar-refractivity contribution < 1.29 is 38.0 Å². The average Bonchev–Trinajstić information content (AvgIpc) is 2.86. The van der Waals surface area contributed by atoms with Crippen molar-refractivity contribution in [3.05, 3.63) is 76.4 Å². The van der Waals surface area contributed by atoms with Gasteiger partial charge < -0.3 is 29.0 Å². The molecular formula is C27H30FNO7. The summed E-state index contributed by atoms with van der Waals surface area (Å²) in [7, 11) is 4.25. The first kappa shape index (κ1) is 26.6. The molecule has 0 bridgehead atoms. The number of carboxylic acid groups (broad SMARTS) is 1. The molecule has 1 N–H and O–H groups in total. The molecule has 36 heavy (non-hydrogen) atoms. The maximum absolute atomic E-state index is 13.4. The van der Waals surface area contributed by atoms with Crippen LogP contribution in [0.15, 0.2) is 65.0 Å². The number of carbonyl (C=O) groups is 2. The zero-order chi connectivity index (χ0) is 26.4. The van der Waals surface area contributed by atoms with Crippen LogP contribution in [0.2, 0.25) is 0 Å². The minimum atomic E-state index is -1.15. The molecule has 1 aliphatic rings. The highest BCUT2D eigenvalue weighted by atomic mass is 19.1. The Balaban J connectivity index is 1.97. The second kappa shape index (κ2) is 11.6. The van der Waals surface area contributed by atoms with Crippen molar-refractivity contribution in [1.82, 2.24) is 4.90 Å². The van der Waals surface area contributed by atoms with Crippen molar-refractivity contribution in [2.45, 2.75) is 26.2 Å². The predicted octanol–water partition coefficient (Wildman–Crippen LogP) is 4.52. The molecule has 0 spiro atoms. The number of aliphatic carboxylic acids is 1. The van der Waals surface area contributed by atoms with Crippen LogP contribution in [0, 0.1) is 5.82 Å². The molecule has 0 radical (unpaired) electrons. The van der Waals surface area contributed by atoms with Crippen molar-refractivity contribution in [2.24, 2.45) is 0 Å². The molecule has 1 aliphatic heterocycles. The third kappa shape index (κ3) is 5.45. The van der Waals surface area contributed by atoms with Gasteiger partial charge >= 0.3 is 11.9 Å². The zero-order valence-corrected chi connectivity index (χ0v) is 21.0. The number of benzene rings is 2. The molecular weight excluding hydrogens is 469 g/mol. The van der Waals surface area contributed by atoms with Crippen LogP contribution >= 0.6 is 0 Å². The highest BCUT2D eigenvalue weighted by Crippen LogP contribution is 2.44. The lowest BCUT2D eigenvalue weighted by molar-refractivity contribution is -0.136. The monoisotopic (exact) mass is 499 g/mol. The van der Waals surface area contributed by atoms with Crippen LogP contribution in [0.1, 0.15) is 31.7 Å². The van der Waals surface area contributed by atoms with Gasteiger partial charge in [-0.3, -0.25) is 0 Å². The van der Waals surface area contributed by atoms with Crippen LogP contribution in [0.4, 0.5) is 4.39 Å². The molecule has 192 valence electrons. The Morgan fingerprint density at radius 2 is 1.67 bits per heavy atom. The first-order valence-electron chi connectivity index (χ1n) is 11.3. The first-order chi connectivity index (χ1) is 17.2. The Kier molecular flexibility index (Phi) is 8.58. The Labute approximate surface area is 209 Å². The molecule has 1 unspecified atom stereocenters. The van der Waals surface area contributed by atoms with E-state index in [-0.39, 0.29) is 17.8 Å². The Morgan fingerprint density at radius 3 is 2.28 bits per heavy atom.